The highest BCUT2D eigenvalue weighted by molar-refractivity contribution is 5.72. The zero-order valence-corrected chi connectivity index (χ0v) is 12.5. The molecule has 1 unspecified atom stereocenters. The number of alkyl carbamates (subject to hydrolysis) is 1. The van der Waals surface area contributed by atoms with Crippen LogP contribution in [-0.2, 0) is 20.9 Å². The van der Waals surface area contributed by atoms with Crippen molar-refractivity contribution >= 4 is 12.1 Å². The molecule has 3 atom stereocenters. The molecule has 2 rings (SSSR count). The second-order valence-corrected chi connectivity index (χ2v) is 5.39. The lowest BCUT2D eigenvalue weighted by Crippen LogP contribution is -2.51. The minimum atomic E-state index is -0.893. The molecule has 0 spiro atoms. The average molecular weight is 307 g/mol. The van der Waals surface area contributed by atoms with Crippen LogP contribution in [0.4, 0.5) is 4.79 Å². The van der Waals surface area contributed by atoms with Crippen LogP contribution in [0.1, 0.15) is 24.8 Å². The lowest BCUT2D eigenvalue weighted by molar-refractivity contribution is -0.149. The Hall–Kier alpha value is -2.08. The number of methoxy groups -OCH3 is 1. The van der Waals surface area contributed by atoms with E-state index < -0.39 is 24.1 Å². The van der Waals surface area contributed by atoms with E-state index in [0.717, 1.165) is 12.0 Å². The van der Waals surface area contributed by atoms with Gasteiger partial charge in [-0.1, -0.05) is 36.8 Å². The van der Waals surface area contributed by atoms with Gasteiger partial charge in [0.05, 0.1) is 18.1 Å². The minimum absolute atomic E-state index is 0.180. The van der Waals surface area contributed by atoms with Crippen molar-refractivity contribution in [1.29, 1.82) is 0 Å². The molecule has 0 aliphatic heterocycles. The third-order valence-corrected chi connectivity index (χ3v) is 3.93. The van der Waals surface area contributed by atoms with Crippen LogP contribution >= 0.6 is 0 Å². The number of benzene rings is 1. The van der Waals surface area contributed by atoms with E-state index in [4.69, 9.17) is 9.47 Å². The molecular formula is C16H21NO5. The Morgan fingerprint density at radius 2 is 2.00 bits per heavy atom. The number of carbonyl (C=O) groups is 2. The highest BCUT2D eigenvalue weighted by Gasteiger charge is 2.38. The Kier molecular flexibility index (Phi) is 5.77. The first-order valence-electron chi connectivity index (χ1n) is 7.34. The van der Waals surface area contributed by atoms with Gasteiger partial charge in [-0.15, -0.1) is 0 Å². The van der Waals surface area contributed by atoms with Crippen LogP contribution < -0.4 is 5.32 Å². The summed E-state index contributed by atoms with van der Waals surface area (Å²) < 4.78 is 10.5. The standard InChI is InChI=1S/C16H21NO5/c1-21-14-12(15(18)19)8-5-9-13(14)17-16(20)22-10-11-6-3-2-4-7-11/h2-4,6-7,12-14H,5,8-10H2,1H3,(H,17,20)(H,18,19)/t12-,13?,14-/m0/s1. The smallest absolute Gasteiger partial charge is 0.407 e. The van der Waals surface area contributed by atoms with Crippen LogP contribution in [0.2, 0.25) is 0 Å². The third kappa shape index (κ3) is 4.21. The SMILES string of the molecule is CO[C@@H]1C(NC(=O)OCc2ccccc2)CCC[C@@H]1C(=O)O. The molecule has 22 heavy (non-hydrogen) atoms. The summed E-state index contributed by atoms with van der Waals surface area (Å²) in [5.74, 6) is -1.49. The lowest BCUT2D eigenvalue weighted by Gasteiger charge is -2.35. The Balaban J connectivity index is 1.88. The molecule has 1 saturated carbocycles. The zero-order chi connectivity index (χ0) is 15.9. The van der Waals surface area contributed by atoms with Gasteiger partial charge in [0.2, 0.25) is 0 Å². The number of carboxylic acids is 1. The highest BCUT2D eigenvalue weighted by Crippen LogP contribution is 2.27. The first kappa shape index (κ1) is 16.3. The summed E-state index contributed by atoms with van der Waals surface area (Å²) in [4.78, 5) is 23.1. The van der Waals surface area contributed by atoms with Gasteiger partial charge in [0.1, 0.15) is 6.61 Å². The van der Waals surface area contributed by atoms with Crippen molar-refractivity contribution < 1.29 is 24.2 Å². The van der Waals surface area contributed by atoms with Gasteiger partial charge in [-0.05, 0) is 18.4 Å². The van der Waals surface area contributed by atoms with Gasteiger partial charge in [-0.3, -0.25) is 4.79 Å². The van der Waals surface area contributed by atoms with Crippen molar-refractivity contribution in [3.05, 3.63) is 35.9 Å². The van der Waals surface area contributed by atoms with Crippen LogP contribution in [0, 0.1) is 5.92 Å². The predicted molar refractivity (Wildman–Crippen MR) is 79.3 cm³/mol. The van der Waals surface area contributed by atoms with Gasteiger partial charge < -0.3 is 19.9 Å². The monoisotopic (exact) mass is 307 g/mol. The summed E-state index contributed by atoms with van der Waals surface area (Å²) in [5.41, 5.74) is 0.896. The van der Waals surface area contributed by atoms with E-state index in [-0.39, 0.29) is 12.6 Å². The molecule has 1 aromatic rings. The van der Waals surface area contributed by atoms with Crippen molar-refractivity contribution in [2.45, 2.75) is 38.0 Å². The molecule has 0 saturated heterocycles. The van der Waals surface area contributed by atoms with E-state index in [1.54, 1.807) is 0 Å². The van der Waals surface area contributed by atoms with E-state index in [1.165, 1.54) is 7.11 Å². The van der Waals surface area contributed by atoms with Crippen LogP contribution in [0.3, 0.4) is 0 Å². The molecule has 1 aliphatic rings. The fourth-order valence-electron chi connectivity index (χ4n) is 2.83. The molecule has 1 aliphatic carbocycles. The average Bonchev–Trinajstić information content (AvgIpc) is 2.53. The molecule has 6 heteroatoms. The summed E-state index contributed by atoms with van der Waals surface area (Å²) in [7, 11) is 1.47. The molecule has 0 bridgehead atoms. The van der Waals surface area contributed by atoms with Gasteiger partial charge in [-0.2, -0.15) is 0 Å². The van der Waals surface area contributed by atoms with Crippen LogP contribution in [0.5, 0.6) is 0 Å². The number of nitrogens with one attached hydrogen (secondary N) is 1. The third-order valence-electron chi connectivity index (χ3n) is 3.93. The topological polar surface area (TPSA) is 84.9 Å². The van der Waals surface area contributed by atoms with E-state index in [0.29, 0.717) is 12.8 Å². The van der Waals surface area contributed by atoms with Crippen molar-refractivity contribution in [2.75, 3.05) is 7.11 Å². The van der Waals surface area contributed by atoms with Crippen molar-refractivity contribution in [3.8, 4) is 0 Å². The maximum Gasteiger partial charge on any atom is 0.407 e. The first-order valence-corrected chi connectivity index (χ1v) is 7.34. The second-order valence-electron chi connectivity index (χ2n) is 5.39. The molecule has 1 amide bonds. The molecule has 1 fully saturated rings. The van der Waals surface area contributed by atoms with E-state index in [1.807, 2.05) is 30.3 Å². The van der Waals surface area contributed by atoms with Gasteiger partial charge in [-0.25, -0.2) is 4.79 Å². The molecule has 0 heterocycles. The minimum Gasteiger partial charge on any atom is -0.481 e. The number of hydrogen-bond donors (Lipinski definition) is 2. The van der Waals surface area contributed by atoms with Gasteiger partial charge in [0.25, 0.3) is 0 Å². The van der Waals surface area contributed by atoms with Crippen LogP contribution in [0.15, 0.2) is 30.3 Å². The number of ether oxygens (including phenoxy) is 2. The van der Waals surface area contributed by atoms with Gasteiger partial charge in [0, 0.05) is 7.11 Å². The summed E-state index contributed by atoms with van der Waals surface area (Å²) in [6, 6.07) is 9.02. The number of carboxylic acid groups (broad SMARTS) is 1. The van der Waals surface area contributed by atoms with E-state index >= 15 is 0 Å². The summed E-state index contributed by atoms with van der Waals surface area (Å²) in [6.45, 7) is 0.180. The largest absolute Gasteiger partial charge is 0.481 e. The molecule has 2 N–H and O–H groups in total. The van der Waals surface area contributed by atoms with E-state index in [2.05, 4.69) is 5.32 Å². The molecule has 120 valence electrons. The fourth-order valence-corrected chi connectivity index (χ4v) is 2.83. The fraction of sp³-hybridized carbons (Fsp3) is 0.500. The highest BCUT2D eigenvalue weighted by atomic mass is 16.5. The van der Waals surface area contributed by atoms with Gasteiger partial charge in [0.15, 0.2) is 0 Å². The first-order chi connectivity index (χ1) is 10.6. The quantitative estimate of drug-likeness (QED) is 0.871. The maximum atomic E-state index is 11.9. The number of hydrogen-bond acceptors (Lipinski definition) is 4. The lowest BCUT2D eigenvalue weighted by atomic mass is 9.83. The zero-order valence-electron chi connectivity index (χ0n) is 12.5. The number of amides is 1. The Morgan fingerprint density at radius 1 is 1.27 bits per heavy atom. The summed E-state index contributed by atoms with van der Waals surface area (Å²) in [5, 5.41) is 11.9. The summed E-state index contributed by atoms with van der Waals surface area (Å²) >= 11 is 0. The Labute approximate surface area is 129 Å². The second kappa shape index (κ2) is 7.79. The normalized spacial score (nSPS) is 24.5. The van der Waals surface area contributed by atoms with Gasteiger partial charge >= 0.3 is 12.1 Å². The molecule has 6 nitrogen and oxygen atoms in total. The number of carbonyl (C=O) groups excluding carboxylic acids is 1. The van der Waals surface area contributed by atoms with Crippen molar-refractivity contribution in [1.82, 2.24) is 5.32 Å². The maximum absolute atomic E-state index is 11.9. The predicted octanol–water partition coefficient (Wildman–Crippen LogP) is 2.18. The van der Waals surface area contributed by atoms with Crippen LogP contribution in [-0.4, -0.2) is 36.4 Å². The molecule has 0 aromatic heterocycles. The van der Waals surface area contributed by atoms with Crippen molar-refractivity contribution in [3.63, 3.8) is 0 Å². The van der Waals surface area contributed by atoms with Crippen LogP contribution in [0.25, 0.3) is 0 Å². The molecular weight excluding hydrogens is 286 g/mol. The van der Waals surface area contributed by atoms with E-state index in [9.17, 15) is 14.7 Å². The summed E-state index contributed by atoms with van der Waals surface area (Å²) in [6.07, 6.45) is 0.895. The Morgan fingerprint density at radius 3 is 2.64 bits per heavy atom. The number of rotatable bonds is 5. The van der Waals surface area contributed by atoms with Crippen molar-refractivity contribution in [2.24, 2.45) is 5.92 Å². The number of aliphatic carboxylic acids is 1. The molecule has 0 radical (unpaired) electrons. The Bertz CT molecular complexity index is 505. The molecule has 1 aromatic carbocycles.